The fourth-order valence-electron chi connectivity index (χ4n) is 3.13. The second-order valence-corrected chi connectivity index (χ2v) is 6.31. The lowest BCUT2D eigenvalue weighted by molar-refractivity contribution is -0.183. The summed E-state index contributed by atoms with van der Waals surface area (Å²) in [4.78, 5) is 18.1. The number of piperazine rings is 1. The van der Waals surface area contributed by atoms with E-state index in [9.17, 15) is 18.0 Å². The van der Waals surface area contributed by atoms with Crippen molar-refractivity contribution >= 4 is 29.4 Å². The predicted molar refractivity (Wildman–Crippen MR) is 95.1 cm³/mol. The van der Waals surface area contributed by atoms with Crippen LogP contribution in [0.4, 0.5) is 13.2 Å². The van der Waals surface area contributed by atoms with E-state index in [2.05, 4.69) is 20.8 Å². The molecule has 3 rings (SSSR count). The van der Waals surface area contributed by atoms with Gasteiger partial charge in [-0.25, -0.2) is 4.98 Å². The molecule has 1 saturated heterocycles. The first-order chi connectivity index (χ1) is 12.3. The third-order valence-corrected chi connectivity index (χ3v) is 4.42. The summed E-state index contributed by atoms with van der Waals surface area (Å²) in [7, 11) is 0. The van der Waals surface area contributed by atoms with Crippen LogP contribution in [0, 0.1) is 13.8 Å². The van der Waals surface area contributed by atoms with Crippen molar-refractivity contribution in [2.24, 2.45) is 0 Å². The quantitative estimate of drug-likeness (QED) is 0.804. The van der Waals surface area contributed by atoms with Crippen molar-refractivity contribution in [1.29, 1.82) is 0 Å². The van der Waals surface area contributed by atoms with Gasteiger partial charge in [0.05, 0.1) is 16.6 Å². The summed E-state index contributed by atoms with van der Waals surface area (Å²) in [5.74, 6) is -0.601. The van der Waals surface area contributed by atoms with Gasteiger partial charge in [-0.15, -0.1) is 12.4 Å². The van der Waals surface area contributed by atoms with Crippen LogP contribution in [0.1, 0.15) is 21.7 Å². The monoisotopic (exact) mass is 407 g/mol. The third-order valence-electron chi connectivity index (χ3n) is 4.42. The number of carbonyl (C=O) groups excluding carboxylic acids is 1. The van der Waals surface area contributed by atoms with Crippen LogP contribution in [-0.4, -0.2) is 65.9 Å². The van der Waals surface area contributed by atoms with Crippen molar-refractivity contribution in [2.45, 2.75) is 26.1 Å². The summed E-state index contributed by atoms with van der Waals surface area (Å²) < 4.78 is 45.4. The van der Waals surface area contributed by atoms with Gasteiger partial charge >= 0.3 is 6.18 Å². The fourth-order valence-corrected chi connectivity index (χ4v) is 3.13. The molecule has 1 fully saturated rings. The van der Waals surface area contributed by atoms with Crippen LogP contribution < -0.4 is 10.6 Å². The highest BCUT2D eigenvalue weighted by Crippen LogP contribution is 2.25. The number of fused-ring (bicyclic) bond motifs is 1. The molecular formula is C16H21ClF3N5O2. The van der Waals surface area contributed by atoms with Crippen LogP contribution in [0.5, 0.6) is 0 Å². The number of rotatable bonds is 4. The molecule has 7 nitrogen and oxygen atoms in total. The number of carbonyl (C=O) groups is 1. The average molecular weight is 408 g/mol. The zero-order valence-electron chi connectivity index (χ0n) is 14.9. The number of nitrogens with one attached hydrogen (secondary N) is 2. The highest BCUT2D eigenvalue weighted by molar-refractivity contribution is 6.06. The van der Waals surface area contributed by atoms with Crippen molar-refractivity contribution < 1.29 is 22.5 Å². The largest absolute Gasteiger partial charge is 0.405 e. The maximum absolute atomic E-state index is 13.4. The number of alkyl halides is 3. The molecule has 0 aromatic carbocycles. The maximum atomic E-state index is 13.4. The molecule has 2 N–H and O–H groups in total. The Hall–Kier alpha value is -1.91. The van der Waals surface area contributed by atoms with E-state index in [0.717, 1.165) is 0 Å². The molecule has 150 valence electrons. The molecule has 0 aliphatic carbocycles. The van der Waals surface area contributed by atoms with Gasteiger partial charge < -0.3 is 15.2 Å². The number of nitrogens with zero attached hydrogens (tertiary/aromatic N) is 3. The molecule has 0 bridgehead atoms. The SMILES string of the molecule is Cc1cc(C(=O)NCC(N2CCNCC2)C(F)(F)F)c2c(C)noc2n1.Cl. The summed E-state index contributed by atoms with van der Waals surface area (Å²) in [5.41, 5.74) is 1.40. The van der Waals surface area contributed by atoms with Crippen molar-refractivity contribution in [1.82, 2.24) is 25.7 Å². The molecule has 1 aliphatic rings. The molecule has 0 radical (unpaired) electrons. The van der Waals surface area contributed by atoms with E-state index in [4.69, 9.17) is 4.52 Å². The van der Waals surface area contributed by atoms with Gasteiger partial charge in [0.1, 0.15) is 6.04 Å². The summed E-state index contributed by atoms with van der Waals surface area (Å²) in [6.45, 7) is 4.35. The van der Waals surface area contributed by atoms with E-state index in [-0.39, 0.29) is 36.8 Å². The predicted octanol–water partition coefficient (Wildman–Crippen LogP) is 1.83. The minimum absolute atomic E-state index is 0. The highest BCUT2D eigenvalue weighted by Gasteiger charge is 2.43. The molecule has 1 aliphatic heterocycles. The van der Waals surface area contributed by atoms with Crippen LogP contribution in [0.3, 0.4) is 0 Å². The first-order valence-electron chi connectivity index (χ1n) is 8.30. The first kappa shape index (κ1) is 21.4. The van der Waals surface area contributed by atoms with Gasteiger partial charge in [0.15, 0.2) is 0 Å². The molecule has 0 saturated carbocycles. The Morgan fingerprint density at radius 1 is 1.37 bits per heavy atom. The van der Waals surface area contributed by atoms with Crippen molar-refractivity contribution in [2.75, 3.05) is 32.7 Å². The van der Waals surface area contributed by atoms with Crippen LogP contribution in [0.2, 0.25) is 0 Å². The Bertz CT molecular complexity index is 805. The number of aromatic nitrogens is 2. The lowest BCUT2D eigenvalue weighted by Crippen LogP contribution is -2.57. The van der Waals surface area contributed by atoms with Crippen LogP contribution in [0.15, 0.2) is 10.6 Å². The van der Waals surface area contributed by atoms with E-state index >= 15 is 0 Å². The van der Waals surface area contributed by atoms with Gasteiger partial charge in [-0.1, -0.05) is 5.16 Å². The van der Waals surface area contributed by atoms with E-state index in [0.29, 0.717) is 29.9 Å². The maximum Gasteiger partial charge on any atom is 0.405 e. The zero-order chi connectivity index (χ0) is 18.9. The van der Waals surface area contributed by atoms with Gasteiger partial charge in [-0.05, 0) is 19.9 Å². The molecule has 2 aromatic rings. The van der Waals surface area contributed by atoms with Gasteiger partial charge in [-0.2, -0.15) is 13.2 Å². The van der Waals surface area contributed by atoms with Crippen LogP contribution in [0.25, 0.3) is 11.1 Å². The van der Waals surface area contributed by atoms with Gasteiger partial charge in [0.2, 0.25) is 0 Å². The summed E-state index contributed by atoms with van der Waals surface area (Å²) in [6.07, 6.45) is -4.43. The topological polar surface area (TPSA) is 83.3 Å². The third kappa shape index (κ3) is 4.69. The van der Waals surface area contributed by atoms with Crippen molar-refractivity contribution in [3.05, 3.63) is 23.0 Å². The summed E-state index contributed by atoms with van der Waals surface area (Å²) in [6, 6.07) is -0.203. The normalized spacial score (nSPS) is 16.8. The Kier molecular flexibility index (Phi) is 6.66. The van der Waals surface area contributed by atoms with Crippen LogP contribution >= 0.6 is 12.4 Å². The van der Waals surface area contributed by atoms with E-state index in [1.54, 1.807) is 13.8 Å². The molecule has 11 heteroatoms. The van der Waals surface area contributed by atoms with E-state index in [1.165, 1.54) is 11.0 Å². The Balaban J connectivity index is 0.00000261. The molecule has 1 amide bonds. The number of hydrogen-bond donors (Lipinski definition) is 2. The minimum Gasteiger partial charge on any atom is -0.350 e. The number of pyridine rings is 1. The fraction of sp³-hybridized carbons (Fsp3) is 0.562. The first-order valence-corrected chi connectivity index (χ1v) is 8.30. The Morgan fingerprint density at radius 3 is 2.67 bits per heavy atom. The molecule has 0 spiro atoms. The van der Waals surface area contributed by atoms with Gasteiger partial charge in [0, 0.05) is 38.4 Å². The summed E-state index contributed by atoms with van der Waals surface area (Å²) >= 11 is 0. The number of amides is 1. The standard InChI is InChI=1S/C16H20F3N5O2.ClH/c1-9-7-11(13-10(2)23-26-15(13)22-9)14(25)21-8-12(16(17,18)19)24-5-3-20-4-6-24;/h7,12,20H,3-6,8H2,1-2H3,(H,21,25);1H. The van der Waals surface area contributed by atoms with Crippen LogP contribution in [-0.2, 0) is 0 Å². The van der Waals surface area contributed by atoms with Gasteiger partial charge in [0.25, 0.3) is 11.6 Å². The average Bonchev–Trinajstić information content (AvgIpc) is 2.94. The van der Waals surface area contributed by atoms with Gasteiger partial charge in [-0.3, -0.25) is 9.69 Å². The lowest BCUT2D eigenvalue weighted by atomic mass is 10.1. The van der Waals surface area contributed by atoms with Crippen molar-refractivity contribution in [3.63, 3.8) is 0 Å². The molecule has 27 heavy (non-hydrogen) atoms. The zero-order valence-corrected chi connectivity index (χ0v) is 15.7. The van der Waals surface area contributed by atoms with E-state index in [1.807, 2.05) is 0 Å². The number of hydrogen-bond acceptors (Lipinski definition) is 6. The van der Waals surface area contributed by atoms with E-state index < -0.39 is 24.7 Å². The lowest BCUT2D eigenvalue weighted by Gasteiger charge is -2.35. The Morgan fingerprint density at radius 2 is 2.04 bits per heavy atom. The molecule has 3 heterocycles. The molecular weight excluding hydrogens is 387 g/mol. The number of aryl methyl sites for hydroxylation is 2. The Labute approximate surface area is 160 Å². The highest BCUT2D eigenvalue weighted by atomic mass is 35.5. The van der Waals surface area contributed by atoms with Crippen molar-refractivity contribution in [3.8, 4) is 0 Å². The molecule has 1 unspecified atom stereocenters. The second kappa shape index (κ2) is 8.41. The molecule has 2 aromatic heterocycles. The smallest absolute Gasteiger partial charge is 0.350 e. The molecule has 1 atom stereocenters. The second-order valence-electron chi connectivity index (χ2n) is 6.31. The minimum atomic E-state index is -4.43. The number of halogens is 4. The summed E-state index contributed by atoms with van der Waals surface area (Å²) in [5, 5.41) is 9.63.